The molecule has 0 aliphatic heterocycles. The molecule has 1 aromatic heterocycles. The molecule has 1 aromatic rings. The van der Waals surface area contributed by atoms with Crippen LogP contribution in [0, 0.1) is 17.8 Å². The van der Waals surface area contributed by atoms with Gasteiger partial charge in [-0.15, -0.1) is 11.3 Å². The third kappa shape index (κ3) is 3.26. The van der Waals surface area contributed by atoms with Crippen LogP contribution in [-0.4, -0.2) is 26.4 Å². The van der Waals surface area contributed by atoms with Crippen LogP contribution in [0.25, 0.3) is 0 Å². The molecule has 132 valence electrons. The lowest BCUT2D eigenvalue weighted by molar-refractivity contribution is -0.126. The molecular formula is C17H24N2O3S2. The first kappa shape index (κ1) is 16.5. The lowest BCUT2D eigenvalue weighted by atomic mass is 9.53. The van der Waals surface area contributed by atoms with E-state index in [9.17, 15) is 13.2 Å². The van der Waals surface area contributed by atoms with Crippen molar-refractivity contribution in [3.05, 3.63) is 17.5 Å². The summed E-state index contributed by atoms with van der Waals surface area (Å²) in [7, 11) is -3.48. The average molecular weight is 369 g/mol. The van der Waals surface area contributed by atoms with Crippen LogP contribution in [0.2, 0.25) is 0 Å². The van der Waals surface area contributed by atoms with Gasteiger partial charge in [0.05, 0.1) is 0 Å². The summed E-state index contributed by atoms with van der Waals surface area (Å²) in [6.07, 6.45) is 7.58. The van der Waals surface area contributed by atoms with E-state index in [1.165, 1.54) is 30.6 Å². The Kier molecular flexibility index (Phi) is 4.21. The van der Waals surface area contributed by atoms with Gasteiger partial charge in [0.2, 0.25) is 15.9 Å². The molecule has 1 amide bonds. The number of hydrogen-bond donors (Lipinski definition) is 2. The van der Waals surface area contributed by atoms with Crippen molar-refractivity contribution in [1.29, 1.82) is 0 Å². The van der Waals surface area contributed by atoms with Gasteiger partial charge < -0.3 is 5.32 Å². The minimum Gasteiger partial charge on any atom is -0.351 e. The number of rotatable bonds is 6. The number of carbonyl (C=O) groups is 1. The van der Waals surface area contributed by atoms with Crippen molar-refractivity contribution in [2.24, 2.45) is 17.8 Å². The molecule has 2 N–H and O–H groups in total. The Bertz CT molecular complexity index is 677. The molecule has 24 heavy (non-hydrogen) atoms. The van der Waals surface area contributed by atoms with Crippen LogP contribution < -0.4 is 10.0 Å². The first-order valence-corrected chi connectivity index (χ1v) is 11.1. The molecule has 0 saturated heterocycles. The summed E-state index contributed by atoms with van der Waals surface area (Å²) < 4.78 is 26.9. The van der Waals surface area contributed by atoms with E-state index in [0.29, 0.717) is 4.21 Å². The molecule has 4 bridgehead atoms. The van der Waals surface area contributed by atoms with E-state index in [1.807, 2.05) is 0 Å². The van der Waals surface area contributed by atoms with Crippen molar-refractivity contribution in [2.75, 3.05) is 6.54 Å². The van der Waals surface area contributed by atoms with Gasteiger partial charge in [0, 0.05) is 18.5 Å². The van der Waals surface area contributed by atoms with E-state index in [0.717, 1.165) is 37.0 Å². The first-order chi connectivity index (χ1) is 11.4. The van der Waals surface area contributed by atoms with E-state index in [1.54, 1.807) is 17.5 Å². The second kappa shape index (κ2) is 6.11. The smallest absolute Gasteiger partial charge is 0.250 e. The van der Waals surface area contributed by atoms with Gasteiger partial charge in [-0.3, -0.25) is 4.79 Å². The van der Waals surface area contributed by atoms with E-state index in [4.69, 9.17) is 0 Å². The maximum absolute atomic E-state index is 12.4. The molecule has 4 aliphatic carbocycles. The van der Waals surface area contributed by atoms with E-state index >= 15 is 0 Å². The highest BCUT2D eigenvalue weighted by Gasteiger charge is 2.51. The molecule has 4 fully saturated rings. The zero-order chi connectivity index (χ0) is 16.8. The number of thiophene rings is 1. The normalized spacial score (nSPS) is 34.4. The molecule has 7 heteroatoms. The summed E-state index contributed by atoms with van der Waals surface area (Å²) in [5, 5.41) is 5.00. The maximum Gasteiger partial charge on any atom is 0.250 e. The largest absolute Gasteiger partial charge is 0.351 e. The summed E-state index contributed by atoms with van der Waals surface area (Å²) in [5.74, 6) is 2.34. The van der Waals surface area contributed by atoms with E-state index < -0.39 is 10.0 Å². The van der Waals surface area contributed by atoms with Gasteiger partial charge in [0.15, 0.2) is 0 Å². The van der Waals surface area contributed by atoms with Crippen LogP contribution in [-0.2, 0) is 14.8 Å². The lowest BCUT2D eigenvalue weighted by Gasteiger charge is -2.56. The van der Waals surface area contributed by atoms with Gasteiger partial charge in [-0.05, 0) is 67.7 Å². The average Bonchev–Trinajstić information content (AvgIpc) is 2.99. The zero-order valence-electron chi connectivity index (χ0n) is 13.7. The van der Waals surface area contributed by atoms with Crippen LogP contribution in [0.15, 0.2) is 21.7 Å². The molecule has 4 aliphatic rings. The second-order valence-corrected chi connectivity index (χ2v) is 10.8. The topological polar surface area (TPSA) is 75.3 Å². The first-order valence-electron chi connectivity index (χ1n) is 8.78. The van der Waals surface area contributed by atoms with Crippen molar-refractivity contribution in [1.82, 2.24) is 10.0 Å². The monoisotopic (exact) mass is 368 g/mol. The van der Waals surface area contributed by atoms with Crippen molar-refractivity contribution in [3.63, 3.8) is 0 Å². The Morgan fingerprint density at radius 2 is 1.79 bits per heavy atom. The van der Waals surface area contributed by atoms with Crippen molar-refractivity contribution < 1.29 is 13.2 Å². The fraction of sp³-hybridized carbons (Fsp3) is 0.706. The molecule has 0 spiro atoms. The summed E-state index contributed by atoms with van der Waals surface area (Å²) in [6.45, 7) is 0.151. The number of carbonyl (C=O) groups excluding carboxylic acids is 1. The van der Waals surface area contributed by atoms with Gasteiger partial charge in [-0.2, -0.15) is 0 Å². The highest BCUT2D eigenvalue weighted by molar-refractivity contribution is 7.91. The molecule has 0 radical (unpaired) electrons. The summed E-state index contributed by atoms with van der Waals surface area (Å²) in [5.41, 5.74) is -0.00153. The fourth-order valence-electron chi connectivity index (χ4n) is 5.41. The van der Waals surface area contributed by atoms with Crippen LogP contribution in [0.1, 0.15) is 44.9 Å². The standard InChI is InChI=1S/C17H24N2O3S2/c20-15(3-4-18-24(21,22)16-2-1-5-23-16)19-17-9-12-6-13(10-17)8-14(7-12)11-17/h1-2,5,12-14,18H,3-4,6-11H2,(H,19,20). The van der Waals surface area contributed by atoms with Crippen LogP contribution in [0.3, 0.4) is 0 Å². The Morgan fingerprint density at radius 1 is 1.17 bits per heavy atom. The van der Waals surface area contributed by atoms with Crippen molar-refractivity contribution >= 4 is 27.3 Å². The quantitative estimate of drug-likeness (QED) is 0.810. The maximum atomic E-state index is 12.4. The Balaban J connectivity index is 1.30. The minimum atomic E-state index is -3.48. The van der Waals surface area contributed by atoms with Gasteiger partial charge >= 0.3 is 0 Å². The summed E-state index contributed by atoms with van der Waals surface area (Å²) in [4.78, 5) is 12.4. The molecule has 5 nitrogen and oxygen atoms in total. The van der Waals surface area contributed by atoms with Crippen LogP contribution in [0.4, 0.5) is 0 Å². The molecule has 0 aromatic carbocycles. The third-order valence-corrected chi connectivity index (χ3v) is 8.71. The predicted octanol–water partition coefficient (Wildman–Crippen LogP) is 2.50. The highest BCUT2D eigenvalue weighted by Crippen LogP contribution is 2.55. The molecule has 4 saturated carbocycles. The zero-order valence-corrected chi connectivity index (χ0v) is 15.3. The van der Waals surface area contributed by atoms with E-state index in [-0.39, 0.29) is 24.4 Å². The second-order valence-electron chi connectivity index (χ2n) is 7.83. The lowest BCUT2D eigenvalue weighted by Crippen LogP contribution is -2.60. The van der Waals surface area contributed by atoms with Gasteiger partial charge in [0.25, 0.3) is 0 Å². The summed E-state index contributed by atoms with van der Waals surface area (Å²) in [6, 6.07) is 3.28. The molecule has 0 atom stereocenters. The number of amides is 1. The van der Waals surface area contributed by atoms with Crippen LogP contribution >= 0.6 is 11.3 Å². The molecule has 5 rings (SSSR count). The summed E-state index contributed by atoms with van der Waals surface area (Å²) >= 11 is 1.18. The Labute approximate surface area is 147 Å². The number of nitrogens with one attached hydrogen (secondary N) is 2. The fourth-order valence-corrected chi connectivity index (χ4v) is 7.48. The Hall–Kier alpha value is -0.920. The van der Waals surface area contributed by atoms with Crippen molar-refractivity contribution in [3.8, 4) is 0 Å². The van der Waals surface area contributed by atoms with Gasteiger partial charge in [-0.1, -0.05) is 6.07 Å². The van der Waals surface area contributed by atoms with Gasteiger partial charge in [0.1, 0.15) is 4.21 Å². The molecule has 0 unspecified atom stereocenters. The van der Waals surface area contributed by atoms with Crippen LogP contribution in [0.5, 0.6) is 0 Å². The predicted molar refractivity (Wildman–Crippen MR) is 93.2 cm³/mol. The molecule has 1 heterocycles. The van der Waals surface area contributed by atoms with E-state index in [2.05, 4.69) is 10.0 Å². The third-order valence-electron chi connectivity index (χ3n) is 5.85. The minimum absolute atomic E-state index is 0.00153. The number of hydrogen-bond acceptors (Lipinski definition) is 4. The molecular weight excluding hydrogens is 344 g/mol. The van der Waals surface area contributed by atoms with Crippen molar-refractivity contribution in [2.45, 2.75) is 54.7 Å². The SMILES string of the molecule is O=C(CCNS(=O)(=O)c1cccs1)NC12CC3CC(CC(C3)C1)C2. The van der Waals surface area contributed by atoms with Gasteiger partial charge in [-0.25, -0.2) is 13.1 Å². The number of sulfonamides is 1. The Morgan fingerprint density at radius 3 is 2.33 bits per heavy atom. The highest BCUT2D eigenvalue weighted by atomic mass is 32.2.